The molecule has 0 saturated heterocycles. The minimum atomic E-state index is -0.105. The van der Waals surface area contributed by atoms with E-state index >= 15 is 0 Å². The molecule has 0 aliphatic carbocycles. The summed E-state index contributed by atoms with van der Waals surface area (Å²) in [5.41, 5.74) is 2.31. The van der Waals surface area contributed by atoms with Gasteiger partial charge in [0.15, 0.2) is 0 Å². The number of carbonyl (C=O) groups is 1. The van der Waals surface area contributed by atoms with Gasteiger partial charge in [0, 0.05) is 19.5 Å². The van der Waals surface area contributed by atoms with Crippen molar-refractivity contribution in [2.75, 3.05) is 6.54 Å². The van der Waals surface area contributed by atoms with Crippen LogP contribution in [0.15, 0.2) is 36.9 Å². The fourth-order valence-electron chi connectivity index (χ4n) is 4.91. The van der Waals surface area contributed by atoms with Gasteiger partial charge < -0.3 is 9.88 Å². The average molecular weight is 482 g/mol. The molecule has 35 heavy (non-hydrogen) atoms. The predicted molar refractivity (Wildman–Crippen MR) is 151 cm³/mol. The first-order valence-electron chi connectivity index (χ1n) is 14.6. The monoisotopic (exact) mass is 481 g/mol. The Morgan fingerprint density at radius 1 is 0.829 bits per heavy atom. The van der Waals surface area contributed by atoms with Gasteiger partial charge in [-0.1, -0.05) is 122 Å². The Morgan fingerprint density at radius 3 is 1.94 bits per heavy atom. The number of nitrogens with zero attached hydrogens (tertiary/aromatic N) is 2. The molecule has 4 heteroatoms. The molecule has 1 N–H and O–H groups in total. The lowest BCUT2D eigenvalue weighted by atomic mass is 10.0. The normalized spacial score (nSPS) is 11.2. The zero-order valence-electron chi connectivity index (χ0n) is 22.5. The molecule has 0 aliphatic rings. The van der Waals surface area contributed by atoms with Crippen molar-refractivity contribution in [3.05, 3.63) is 42.7 Å². The van der Waals surface area contributed by atoms with E-state index in [1.165, 1.54) is 114 Å². The highest BCUT2D eigenvalue weighted by Gasteiger charge is 2.10. The maximum atomic E-state index is 11.4. The Morgan fingerprint density at radius 2 is 1.37 bits per heavy atom. The maximum absolute atomic E-state index is 11.4. The van der Waals surface area contributed by atoms with Crippen molar-refractivity contribution in [1.29, 1.82) is 0 Å². The number of nitrogens with one attached hydrogen (secondary N) is 1. The number of imidazole rings is 1. The van der Waals surface area contributed by atoms with Gasteiger partial charge in [-0.05, 0) is 31.1 Å². The van der Waals surface area contributed by atoms with Crippen molar-refractivity contribution >= 4 is 16.9 Å². The molecule has 4 nitrogen and oxygen atoms in total. The molecule has 2 rings (SSSR count). The molecule has 0 bridgehead atoms. The molecule has 0 atom stereocenters. The Balaban J connectivity index is 1.54. The fraction of sp³-hybridized carbons (Fsp3) is 0.677. The molecular formula is C31H51N3O. The van der Waals surface area contributed by atoms with E-state index in [9.17, 15) is 4.79 Å². The third kappa shape index (κ3) is 12.4. The first-order valence-corrected chi connectivity index (χ1v) is 14.6. The molecule has 0 fully saturated rings. The summed E-state index contributed by atoms with van der Waals surface area (Å²) >= 11 is 0. The molecule has 0 aliphatic heterocycles. The molecule has 0 saturated carbocycles. The summed E-state index contributed by atoms with van der Waals surface area (Å²) in [5.74, 6) is 1.03. The van der Waals surface area contributed by atoms with Crippen LogP contribution in [0.2, 0.25) is 0 Å². The SMILES string of the molecule is C=CC(=O)NCCCc1nc2ccccc2n1CCCCCCCCCCCCCCCCCC. The quantitative estimate of drug-likeness (QED) is 0.135. The number of hydrogen-bond acceptors (Lipinski definition) is 2. The van der Waals surface area contributed by atoms with Gasteiger partial charge >= 0.3 is 0 Å². The van der Waals surface area contributed by atoms with Gasteiger partial charge in [-0.2, -0.15) is 0 Å². The molecule has 2 aromatic rings. The highest BCUT2D eigenvalue weighted by atomic mass is 16.1. The molecule has 0 unspecified atom stereocenters. The highest BCUT2D eigenvalue weighted by molar-refractivity contribution is 5.86. The predicted octanol–water partition coefficient (Wildman–Crippen LogP) is 8.53. The second kappa shape index (κ2) is 19.1. The molecule has 1 heterocycles. The number of unbranched alkanes of at least 4 members (excludes halogenated alkanes) is 15. The van der Waals surface area contributed by atoms with E-state index in [-0.39, 0.29) is 5.91 Å². The van der Waals surface area contributed by atoms with Gasteiger partial charge in [0.2, 0.25) is 5.91 Å². The number of carbonyl (C=O) groups excluding carboxylic acids is 1. The molecule has 0 spiro atoms. The Hall–Kier alpha value is -2.10. The van der Waals surface area contributed by atoms with Gasteiger partial charge in [-0.3, -0.25) is 4.79 Å². The molecule has 1 aromatic carbocycles. The third-order valence-electron chi connectivity index (χ3n) is 7.03. The number of benzene rings is 1. The van der Waals surface area contributed by atoms with E-state index in [4.69, 9.17) is 4.98 Å². The number of aromatic nitrogens is 2. The van der Waals surface area contributed by atoms with Gasteiger partial charge in [0.1, 0.15) is 5.82 Å². The number of fused-ring (bicyclic) bond motifs is 1. The van der Waals surface area contributed by atoms with Crippen LogP contribution in [0.3, 0.4) is 0 Å². The topological polar surface area (TPSA) is 46.9 Å². The standard InChI is InChI=1S/C31H51N3O/c1-3-5-6-7-8-9-10-11-12-13-14-15-16-17-18-21-27-34-29-24-20-19-23-28(29)33-30(34)25-22-26-32-31(35)4-2/h4,19-20,23-24H,2-3,5-18,21-22,25-27H2,1H3,(H,32,35). The second-order valence-electron chi connectivity index (χ2n) is 10.1. The van der Waals surface area contributed by atoms with E-state index in [0.717, 1.165) is 30.7 Å². The minimum absolute atomic E-state index is 0.105. The van der Waals surface area contributed by atoms with Crippen LogP contribution in [0.25, 0.3) is 11.0 Å². The number of rotatable bonds is 22. The number of amides is 1. The molecular weight excluding hydrogens is 430 g/mol. The first-order chi connectivity index (χ1) is 17.3. The van der Waals surface area contributed by atoms with E-state index < -0.39 is 0 Å². The summed E-state index contributed by atoms with van der Waals surface area (Å²) < 4.78 is 2.40. The summed E-state index contributed by atoms with van der Waals surface area (Å²) in [6.07, 6.45) is 25.4. The summed E-state index contributed by atoms with van der Waals surface area (Å²) in [6.45, 7) is 7.49. The zero-order chi connectivity index (χ0) is 25.0. The van der Waals surface area contributed by atoms with Crippen molar-refractivity contribution in [2.45, 2.75) is 129 Å². The smallest absolute Gasteiger partial charge is 0.243 e. The third-order valence-corrected chi connectivity index (χ3v) is 7.03. The molecule has 0 radical (unpaired) electrons. The van der Waals surface area contributed by atoms with Crippen molar-refractivity contribution in [3.63, 3.8) is 0 Å². The lowest BCUT2D eigenvalue weighted by molar-refractivity contribution is -0.116. The minimum Gasteiger partial charge on any atom is -0.353 e. The van der Waals surface area contributed by atoms with Gasteiger partial charge in [0.05, 0.1) is 11.0 Å². The van der Waals surface area contributed by atoms with Crippen LogP contribution in [-0.2, 0) is 17.8 Å². The van der Waals surface area contributed by atoms with Crippen LogP contribution >= 0.6 is 0 Å². The van der Waals surface area contributed by atoms with Gasteiger partial charge in [-0.25, -0.2) is 4.98 Å². The van der Waals surface area contributed by atoms with E-state index in [2.05, 4.69) is 47.7 Å². The summed E-state index contributed by atoms with van der Waals surface area (Å²) in [7, 11) is 0. The fourth-order valence-corrected chi connectivity index (χ4v) is 4.91. The van der Waals surface area contributed by atoms with Crippen LogP contribution < -0.4 is 5.32 Å². The van der Waals surface area contributed by atoms with Crippen molar-refractivity contribution in [3.8, 4) is 0 Å². The van der Waals surface area contributed by atoms with E-state index in [1.54, 1.807) is 0 Å². The van der Waals surface area contributed by atoms with Crippen molar-refractivity contribution in [1.82, 2.24) is 14.9 Å². The van der Waals surface area contributed by atoms with Crippen LogP contribution in [0, 0.1) is 0 Å². The number of hydrogen-bond donors (Lipinski definition) is 1. The van der Waals surface area contributed by atoms with Crippen LogP contribution in [0.5, 0.6) is 0 Å². The zero-order valence-corrected chi connectivity index (χ0v) is 22.5. The maximum Gasteiger partial charge on any atom is 0.243 e. The van der Waals surface area contributed by atoms with E-state index in [1.807, 2.05) is 0 Å². The number of para-hydroxylation sites is 2. The molecule has 1 aromatic heterocycles. The number of aryl methyl sites for hydroxylation is 2. The first kappa shape index (κ1) is 29.1. The molecule has 1 amide bonds. The van der Waals surface area contributed by atoms with Gasteiger partial charge in [0.25, 0.3) is 0 Å². The largest absolute Gasteiger partial charge is 0.353 e. The van der Waals surface area contributed by atoms with Crippen molar-refractivity contribution < 1.29 is 4.79 Å². The van der Waals surface area contributed by atoms with Crippen LogP contribution in [-0.4, -0.2) is 22.0 Å². The molecule has 196 valence electrons. The Kier molecular flexibility index (Phi) is 15.9. The summed E-state index contributed by atoms with van der Waals surface area (Å²) in [4.78, 5) is 16.2. The lowest BCUT2D eigenvalue weighted by Crippen LogP contribution is -2.22. The lowest BCUT2D eigenvalue weighted by Gasteiger charge is -2.10. The van der Waals surface area contributed by atoms with Crippen LogP contribution in [0.4, 0.5) is 0 Å². The van der Waals surface area contributed by atoms with Gasteiger partial charge in [-0.15, -0.1) is 0 Å². The highest BCUT2D eigenvalue weighted by Crippen LogP contribution is 2.19. The second-order valence-corrected chi connectivity index (χ2v) is 10.1. The average Bonchev–Trinajstić information content (AvgIpc) is 3.23. The Bertz CT molecular complexity index is 826. The summed E-state index contributed by atoms with van der Waals surface area (Å²) in [5, 5.41) is 2.86. The summed E-state index contributed by atoms with van der Waals surface area (Å²) in [6, 6.07) is 8.44. The Labute approximate surface area is 215 Å². The van der Waals surface area contributed by atoms with Crippen molar-refractivity contribution in [2.24, 2.45) is 0 Å². The van der Waals surface area contributed by atoms with Crippen LogP contribution in [0.1, 0.15) is 122 Å². The van der Waals surface area contributed by atoms with E-state index in [0.29, 0.717) is 6.54 Å².